The van der Waals surface area contributed by atoms with Gasteiger partial charge in [-0.1, -0.05) is 82.2 Å². The summed E-state index contributed by atoms with van der Waals surface area (Å²) in [6.45, 7) is 19.3. The zero-order valence-corrected chi connectivity index (χ0v) is 28.3. The lowest BCUT2D eigenvalue weighted by Gasteiger charge is -2.38. The van der Waals surface area contributed by atoms with E-state index >= 15 is 0 Å². The van der Waals surface area contributed by atoms with Gasteiger partial charge < -0.3 is 13.8 Å². The Morgan fingerprint density at radius 2 is 1.84 bits per heavy atom. The van der Waals surface area contributed by atoms with Crippen molar-refractivity contribution in [3.63, 3.8) is 0 Å². The molecule has 1 amide bonds. The van der Waals surface area contributed by atoms with E-state index in [1.54, 1.807) is 12.1 Å². The van der Waals surface area contributed by atoms with Crippen LogP contribution < -0.4 is 5.48 Å². The average molecular weight is 621 g/mol. The molecule has 1 N–H and O–H groups in total. The lowest BCUT2D eigenvalue weighted by molar-refractivity contribution is -0.134. The molecule has 1 aromatic heterocycles. The smallest absolute Gasteiger partial charge is 0.234 e. The molecule has 0 saturated carbocycles. The second kappa shape index (κ2) is 11.9. The van der Waals surface area contributed by atoms with E-state index in [1.165, 1.54) is 6.07 Å². The van der Waals surface area contributed by atoms with Crippen molar-refractivity contribution in [1.29, 1.82) is 0 Å². The molecule has 1 saturated heterocycles. The van der Waals surface area contributed by atoms with E-state index in [4.69, 9.17) is 18.8 Å². The van der Waals surface area contributed by atoms with Crippen LogP contribution in [0, 0.1) is 18.7 Å². The van der Waals surface area contributed by atoms with Crippen LogP contribution in [-0.2, 0) is 19.8 Å². The first-order valence-electron chi connectivity index (χ1n) is 15.4. The van der Waals surface area contributed by atoms with Crippen molar-refractivity contribution in [3.05, 3.63) is 77.4 Å². The number of nitrogens with zero attached hydrogens (tertiary/aromatic N) is 3. The first kappa shape index (κ1) is 32.1. The van der Waals surface area contributed by atoms with Crippen LogP contribution in [0.15, 0.2) is 64.1 Å². The summed E-state index contributed by atoms with van der Waals surface area (Å²) >= 11 is 0. The minimum atomic E-state index is -2.12. The Morgan fingerprint density at radius 3 is 2.43 bits per heavy atom. The van der Waals surface area contributed by atoms with Gasteiger partial charge in [-0.3, -0.25) is 4.79 Å². The standard InChI is InChI=1S/C34H45FN4O4Si/c1-21(2)30(29-18-22(3)37-41-29)32(40)39-20-25(42-44(8,9)33(4,5)6)19-28(39)31-36-34(7,43-38-31)24-16-14-23(15-17-24)26-12-10-11-13-27(26)35/h10-18,21,25,28,30H,19-20H2,1-9H3,(H,36,38)/t25-,28+,30?,34?/m1/s1. The number of carbonyl (C=O) groups excluding carboxylic acids is 1. The zero-order chi connectivity index (χ0) is 32.0. The van der Waals surface area contributed by atoms with Gasteiger partial charge in [0.2, 0.25) is 11.6 Å². The summed E-state index contributed by atoms with van der Waals surface area (Å²) in [6, 6.07) is 15.7. The number of aromatic nitrogens is 1. The number of amidine groups is 1. The highest BCUT2D eigenvalue weighted by molar-refractivity contribution is 6.74. The van der Waals surface area contributed by atoms with E-state index in [2.05, 4.69) is 44.5 Å². The van der Waals surface area contributed by atoms with Gasteiger partial charge in [0, 0.05) is 30.2 Å². The van der Waals surface area contributed by atoms with Crippen LogP contribution in [0.5, 0.6) is 0 Å². The molecule has 0 radical (unpaired) electrons. The monoisotopic (exact) mass is 620 g/mol. The maximum atomic E-state index is 14.4. The molecule has 3 aromatic rings. The number of aryl methyl sites for hydroxylation is 1. The lowest BCUT2D eigenvalue weighted by Crippen LogP contribution is -2.47. The van der Waals surface area contributed by atoms with E-state index in [0.717, 1.165) is 16.8 Å². The van der Waals surface area contributed by atoms with Gasteiger partial charge in [-0.25, -0.2) is 19.7 Å². The molecule has 2 aromatic carbocycles. The molecule has 1 fully saturated rings. The first-order valence-corrected chi connectivity index (χ1v) is 18.3. The number of halogens is 1. The van der Waals surface area contributed by atoms with Crippen LogP contribution in [0.4, 0.5) is 4.39 Å². The summed E-state index contributed by atoms with van der Waals surface area (Å²) in [6.07, 6.45) is 0.446. The molecule has 236 valence electrons. The highest BCUT2D eigenvalue weighted by Crippen LogP contribution is 2.41. The molecule has 2 unspecified atom stereocenters. The number of aliphatic imine (C=N–C) groups is 1. The Bertz CT molecular complexity index is 1530. The number of carbonyl (C=O) groups is 1. The van der Waals surface area contributed by atoms with Crippen molar-refractivity contribution in [2.45, 2.75) is 96.8 Å². The highest BCUT2D eigenvalue weighted by atomic mass is 28.4. The molecule has 44 heavy (non-hydrogen) atoms. The lowest BCUT2D eigenvalue weighted by atomic mass is 9.91. The van der Waals surface area contributed by atoms with Gasteiger partial charge in [0.15, 0.2) is 8.32 Å². The van der Waals surface area contributed by atoms with E-state index < -0.39 is 20.0 Å². The molecule has 0 bridgehead atoms. The second-order valence-electron chi connectivity index (χ2n) is 14.1. The van der Waals surface area contributed by atoms with Crippen LogP contribution in [0.25, 0.3) is 11.1 Å². The SMILES string of the molecule is Cc1cc(C(C(=O)N2C[C@H](O[Si](C)(C)C(C)(C)C)C[C@H]2C2=NC(C)(c3ccc(-c4ccccc4F)cc3)ON2)C(C)C)on1. The van der Waals surface area contributed by atoms with Crippen LogP contribution in [0.3, 0.4) is 0 Å². The number of hydrogen-bond donors (Lipinski definition) is 1. The van der Waals surface area contributed by atoms with Crippen molar-refractivity contribution in [2.24, 2.45) is 10.9 Å². The Hall–Kier alpha value is -3.34. The molecular formula is C34H45FN4O4Si. The quantitative estimate of drug-likeness (QED) is 0.265. The minimum Gasteiger partial charge on any atom is -0.412 e. The molecule has 5 rings (SSSR count). The molecule has 2 aliphatic heterocycles. The van der Waals surface area contributed by atoms with Crippen molar-refractivity contribution in [2.75, 3.05) is 6.54 Å². The number of likely N-dealkylation sites (tertiary alicyclic amines) is 1. The third kappa shape index (κ3) is 6.25. The Morgan fingerprint density at radius 1 is 1.16 bits per heavy atom. The van der Waals surface area contributed by atoms with Gasteiger partial charge >= 0.3 is 0 Å². The average Bonchev–Trinajstić information content (AvgIpc) is 3.67. The predicted octanol–water partition coefficient (Wildman–Crippen LogP) is 7.33. The topological polar surface area (TPSA) is 89.2 Å². The summed E-state index contributed by atoms with van der Waals surface area (Å²) in [5.74, 6) is 0.319. The molecule has 3 heterocycles. The van der Waals surface area contributed by atoms with Gasteiger partial charge in [-0.15, -0.1) is 0 Å². The van der Waals surface area contributed by atoms with Crippen LogP contribution >= 0.6 is 0 Å². The minimum absolute atomic E-state index is 0.0104. The zero-order valence-electron chi connectivity index (χ0n) is 27.3. The molecule has 0 aliphatic carbocycles. The number of hydrogen-bond acceptors (Lipinski definition) is 7. The maximum absolute atomic E-state index is 14.4. The molecule has 4 atom stereocenters. The molecular weight excluding hydrogens is 575 g/mol. The third-order valence-electron chi connectivity index (χ3n) is 9.31. The molecule has 0 spiro atoms. The predicted molar refractivity (Wildman–Crippen MR) is 172 cm³/mol. The van der Waals surface area contributed by atoms with Crippen LogP contribution in [0.1, 0.15) is 70.9 Å². The van der Waals surface area contributed by atoms with Gasteiger partial charge in [0.05, 0.1) is 17.8 Å². The highest BCUT2D eigenvalue weighted by Gasteiger charge is 2.49. The number of amides is 1. The number of benzene rings is 2. The summed E-state index contributed by atoms with van der Waals surface area (Å²) in [5.41, 5.74) is 4.89. The van der Waals surface area contributed by atoms with Gasteiger partial charge in [0.1, 0.15) is 23.3 Å². The molecule has 2 aliphatic rings. The van der Waals surface area contributed by atoms with Crippen molar-refractivity contribution in [3.8, 4) is 11.1 Å². The normalized spacial score (nSPS) is 23.2. The van der Waals surface area contributed by atoms with E-state index in [9.17, 15) is 9.18 Å². The maximum Gasteiger partial charge on any atom is 0.234 e. The second-order valence-corrected chi connectivity index (χ2v) is 18.8. The van der Waals surface area contributed by atoms with Crippen LogP contribution in [-0.4, -0.2) is 48.8 Å². The number of hydroxylamine groups is 1. The summed E-state index contributed by atoms with van der Waals surface area (Å²) in [4.78, 5) is 27.3. The van der Waals surface area contributed by atoms with Gasteiger partial charge in [-0.05, 0) is 49.5 Å². The largest absolute Gasteiger partial charge is 0.412 e. The fourth-order valence-corrected chi connectivity index (χ4v) is 7.13. The summed E-state index contributed by atoms with van der Waals surface area (Å²) in [7, 11) is -2.12. The molecule has 8 nitrogen and oxygen atoms in total. The van der Waals surface area contributed by atoms with Crippen molar-refractivity contribution in [1.82, 2.24) is 15.5 Å². The van der Waals surface area contributed by atoms with Crippen molar-refractivity contribution < 1.29 is 23.0 Å². The summed E-state index contributed by atoms with van der Waals surface area (Å²) in [5, 5.41) is 4.08. The fourth-order valence-electron chi connectivity index (χ4n) is 5.77. The first-order chi connectivity index (χ1) is 20.6. The summed E-state index contributed by atoms with van der Waals surface area (Å²) < 4.78 is 26.8. The van der Waals surface area contributed by atoms with E-state index in [1.807, 2.05) is 69.0 Å². The number of nitrogens with one attached hydrogen (secondary N) is 1. The van der Waals surface area contributed by atoms with Gasteiger partial charge in [-0.2, -0.15) is 0 Å². The third-order valence-corrected chi connectivity index (χ3v) is 13.8. The Labute approximate surface area is 261 Å². The van der Waals surface area contributed by atoms with Crippen LogP contribution in [0.2, 0.25) is 18.1 Å². The van der Waals surface area contributed by atoms with E-state index in [0.29, 0.717) is 30.1 Å². The Kier molecular flexibility index (Phi) is 8.65. The van der Waals surface area contributed by atoms with Crippen molar-refractivity contribution >= 4 is 20.1 Å². The molecule has 10 heteroatoms. The number of rotatable bonds is 8. The van der Waals surface area contributed by atoms with Gasteiger partial charge in [0.25, 0.3) is 0 Å². The Balaban J connectivity index is 1.45. The fraction of sp³-hybridized carbons (Fsp3) is 0.500. The van der Waals surface area contributed by atoms with E-state index in [-0.39, 0.29) is 34.8 Å².